The topological polar surface area (TPSA) is 63.9 Å². The molecule has 6 nitrogen and oxygen atoms in total. The third-order valence-electron chi connectivity index (χ3n) is 3.79. The highest BCUT2D eigenvalue weighted by Crippen LogP contribution is 2.26. The van der Waals surface area contributed by atoms with E-state index in [0.29, 0.717) is 16.7 Å². The van der Waals surface area contributed by atoms with Crippen LogP contribution in [-0.4, -0.2) is 37.9 Å². The van der Waals surface area contributed by atoms with Crippen molar-refractivity contribution in [2.45, 2.75) is 24.3 Å². The summed E-state index contributed by atoms with van der Waals surface area (Å²) in [4.78, 5) is 14.7. The first-order chi connectivity index (χ1) is 12.6. The highest BCUT2D eigenvalue weighted by molar-refractivity contribution is 8.00. The van der Waals surface area contributed by atoms with Gasteiger partial charge in [0.2, 0.25) is 11.1 Å². The molecule has 1 aromatic heterocycles. The average Bonchev–Trinajstić information content (AvgIpc) is 3.12. The summed E-state index contributed by atoms with van der Waals surface area (Å²) in [6.45, 7) is 4.41. The lowest BCUT2D eigenvalue weighted by atomic mass is 10.2. The van der Waals surface area contributed by atoms with Crippen molar-refractivity contribution < 1.29 is 4.79 Å². The minimum atomic E-state index is -0.341. The number of amides is 1. The highest BCUT2D eigenvalue weighted by Gasteiger charge is 2.24. The van der Waals surface area contributed by atoms with Gasteiger partial charge in [0.15, 0.2) is 0 Å². The van der Waals surface area contributed by atoms with Crippen LogP contribution in [0.4, 0.5) is 5.69 Å². The Kier molecular flexibility index (Phi) is 5.90. The first kappa shape index (κ1) is 18.4. The van der Waals surface area contributed by atoms with Crippen LogP contribution in [0.2, 0.25) is 5.02 Å². The molecule has 3 aromatic rings. The van der Waals surface area contributed by atoms with Crippen molar-refractivity contribution in [1.29, 1.82) is 0 Å². The molecule has 3 rings (SSSR count). The molecule has 26 heavy (non-hydrogen) atoms. The Hall–Kier alpha value is -2.38. The van der Waals surface area contributed by atoms with Crippen molar-refractivity contribution in [2.75, 3.05) is 11.4 Å². The molecule has 1 atom stereocenters. The summed E-state index contributed by atoms with van der Waals surface area (Å²) in [7, 11) is 0. The van der Waals surface area contributed by atoms with Gasteiger partial charge in [0, 0.05) is 17.3 Å². The number of halogens is 1. The number of nitrogens with zero attached hydrogens (tertiary/aromatic N) is 5. The summed E-state index contributed by atoms with van der Waals surface area (Å²) in [5.74, 6) is 0.00866. The quantitative estimate of drug-likeness (QED) is 0.601. The van der Waals surface area contributed by atoms with E-state index in [1.807, 2.05) is 56.3 Å². The lowest BCUT2D eigenvalue weighted by Crippen LogP contribution is -2.36. The van der Waals surface area contributed by atoms with Crippen LogP contribution < -0.4 is 4.90 Å². The predicted octanol–water partition coefficient (Wildman–Crippen LogP) is 3.85. The van der Waals surface area contributed by atoms with Gasteiger partial charge < -0.3 is 4.90 Å². The van der Waals surface area contributed by atoms with Gasteiger partial charge in [0.05, 0.1) is 10.9 Å². The van der Waals surface area contributed by atoms with E-state index in [1.165, 1.54) is 11.8 Å². The molecule has 0 saturated heterocycles. The number of aromatic nitrogens is 4. The first-order valence-electron chi connectivity index (χ1n) is 8.17. The van der Waals surface area contributed by atoms with Crippen LogP contribution in [0.3, 0.4) is 0 Å². The number of thioether (sulfide) groups is 1. The Bertz CT molecular complexity index is 869. The lowest BCUT2D eigenvalue weighted by molar-refractivity contribution is -0.117. The lowest BCUT2D eigenvalue weighted by Gasteiger charge is -2.24. The third-order valence-corrected chi connectivity index (χ3v) is 5.06. The molecule has 0 aliphatic carbocycles. The molecule has 1 unspecified atom stereocenters. The maximum Gasteiger partial charge on any atom is 0.240 e. The van der Waals surface area contributed by atoms with Gasteiger partial charge in [-0.05, 0) is 60.7 Å². The van der Waals surface area contributed by atoms with E-state index < -0.39 is 0 Å². The second-order valence-corrected chi connectivity index (χ2v) is 7.27. The number of rotatable bonds is 6. The fourth-order valence-corrected chi connectivity index (χ4v) is 3.49. The predicted molar refractivity (Wildman–Crippen MR) is 104 cm³/mol. The van der Waals surface area contributed by atoms with Crippen LogP contribution in [0.25, 0.3) is 5.69 Å². The van der Waals surface area contributed by atoms with Crippen LogP contribution in [0, 0.1) is 0 Å². The number of hydrogen-bond donors (Lipinski definition) is 0. The number of benzene rings is 2. The molecular formula is C18H18ClN5OS. The Morgan fingerprint density at radius 2 is 1.88 bits per heavy atom. The zero-order valence-electron chi connectivity index (χ0n) is 14.4. The molecule has 0 aliphatic heterocycles. The second kappa shape index (κ2) is 8.33. The van der Waals surface area contributed by atoms with E-state index in [4.69, 9.17) is 11.6 Å². The van der Waals surface area contributed by atoms with Gasteiger partial charge in [0.25, 0.3) is 0 Å². The fourth-order valence-electron chi connectivity index (χ4n) is 2.50. The molecular weight excluding hydrogens is 370 g/mol. The normalized spacial score (nSPS) is 12.0. The van der Waals surface area contributed by atoms with E-state index in [2.05, 4.69) is 15.5 Å². The zero-order valence-corrected chi connectivity index (χ0v) is 16.0. The van der Waals surface area contributed by atoms with Gasteiger partial charge in [-0.15, -0.1) is 5.10 Å². The average molecular weight is 388 g/mol. The Labute approximate surface area is 161 Å². The van der Waals surface area contributed by atoms with Gasteiger partial charge in [-0.25, -0.2) is 0 Å². The number of carbonyl (C=O) groups is 1. The molecule has 0 saturated carbocycles. The summed E-state index contributed by atoms with van der Waals surface area (Å²) < 4.78 is 1.60. The Morgan fingerprint density at radius 1 is 1.19 bits per heavy atom. The maximum atomic E-state index is 12.9. The van der Waals surface area contributed by atoms with Crippen LogP contribution in [-0.2, 0) is 4.79 Å². The van der Waals surface area contributed by atoms with Crippen LogP contribution >= 0.6 is 23.4 Å². The Morgan fingerprint density at radius 3 is 2.54 bits per heavy atom. The smallest absolute Gasteiger partial charge is 0.240 e. The molecule has 134 valence electrons. The Balaban J connectivity index is 1.78. The molecule has 0 aliphatic rings. The molecule has 1 heterocycles. The van der Waals surface area contributed by atoms with Crippen LogP contribution in [0.15, 0.2) is 59.8 Å². The van der Waals surface area contributed by atoms with Crippen molar-refractivity contribution in [3.8, 4) is 5.69 Å². The molecule has 1 amide bonds. The molecule has 0 N–H and O–H groups in total. The van der Waals surface area contributed by atoms with E-state index in [-0.39, 0.29) is 11.2 Å². The minimum absolute atomic E-state index is 0.00866. The molecule has 0 spiro atoms. The number of para-hydroxylation sites is 1. The van der Waals surface area contributed by atoms with Crippen molar-refractivity contribution in [2.24, 2.45) is 0 Å². The summed E-state index contributed by atoms with van der Waals surface area (Å²) in [5, 5.41) is 12.7. The zero-order chi connectivity index (χ0) is 18.5. The van der Waals surface area contributed by atoms with E-state index in [9.17, 15) is 4.79 Å². The van der Waals surface area contributed by atoms with Crippen molar-refractivity contribution >= 4 is 35.0 Å². The molecule has 0 radical (unpaired) electrons. The summed E-state index contributed by atoms with van der Waals surface area (Å²) in [6, 6.07) is 16.8. The van der Waals surface area contributed by atoms with Gasteiger partial charge in [-0.1, -0.05) is 41.6 Å². The molecule has 8 heteroatoms. The number of hydrogen-bond acceptors (Lipinski definition) is 5. The molecule has 2 aromatic carbocycles. The van der Waals surface area contributed by atoms with Crippen LogP contribution in [0.5, 0.6) is 0 Å². The van der Waals surface area contributed by atoms with E-state index in [0.717, 1.165) is 11.4 Å². The molecule has 0 bridgehead atoms. The minimum Gasteiger partial charge on any atom is -0.312 e. The fraction of sp³-hybridized carbons (Fsp3) is 0.222. The number of tetrazole rings is 1. The third kappa shape index (κ3) is 4.05. The standard InChI is InChI=1S/C18H18ClN5OS/c1-3-23(15-7-5-4-6-8-15)17(25)13(2)26-18-20-21-22-24(18)16-11-9-14(19)10-12-16/h4-13H,3H2,1-2H3. The number of carbonyl (C=O) groups excluding carboxylic acids is 1. The number of anilines is 1. The monoisotopic (exact) mass is 387 g/mol. The van der Waals surface area contributed by atoms with Gasteiger partial charge >= 0.3 is 0 Å². The van der Waals surface area contributed by atoms with Gasteiger partial charge in [-0.3, -0.25) is 4.79 Å². The van der Waals surface area contributed by atoms with E-state index >= 15 is 0 Å². The first-order valence-corrected chi connectivity index (χ1v) is 9.43. The van der Waals surface area contributed by atoms with Crippen molar-refractivity contribution in [1.82, 2.24) is 20.2 Å². The van der Waals surface area contributed by atoms with Gasteiger partial charge in [-0.2, -0.15) is 4.68 Å². The second-order valence-electron chi connectivity index (χ2n) is 5.53. The molecule has 0 fully saturated rings. The van der Waals surface area contributed by atoms with Crippen molar-refractivity contribution in [3.05, 3.63) is 59.6 Å². The van der Waals surface area contributed by atoms with Crippen LogP contribution in [0.1, 0.15) is 13.8 Å². The highest BCUT2D eigenvalue weighted by atomic mass is 35.5. The van der Waals surface area contributed by atoms with Gasteiger partial charge in [0.1, 0.15) is 0 Å². The van der Waals surface area contributed by atoms with E-state index in [1.54, 1.807) is 21.7 Å². The SMILES string of the molecule is CCN(C(=O)C(C)Sc1nnnn1-c1ccc(Cl)cc1)c1ccccc1. The maximum absolute atomic E-state index is 12.9. The summed E-state index contributed by atoms with van der Waals surface area (Å²) in [6.07, 6.45) is 0. The summed E-state index contributed by atoms with van der Waals surface area (Å²) >= 11 is 7.26. The summed E-state index contributed by atoms with van der Waals surface area (Å²) in [5.41, 5.74) is 1.67. The van der Waals surface area contributed by atoms with Crippen molar-refractivity contribution in [3.63, 3.8) is 0 Å². The largest absolute Gasteiger partial charge is 0.312 e.